The van der Waals surface area contributed by atoms with Crippen LogP contribution in [0.2, 0.25) is 0 Å². The Hall–Kier alpha value is -2.51. The van der Waals surface area contributed by atoms with Crippen LogP contribution in [-0.4, -0.2) is 52.8 Å². The zero-order valence-corrected chi connectivity index (χ0v) is 13.9. The molecular formula is C17H20F2N2O4. The zero-order valence-electron chi connectivity index (χ0n) is 13.9. The molecule has 1 saturated heterocycles. The summed E-state index contributed by atoms with van der Waals surface area (Å²) in [5, 5.41) is 8.87. The maximum Gasteiger partial charge on any atom is 0.305 e. The number of carbonyl (C=O) groups is 3. The van der Waals surface area contributed by atoms with Gasteiger partial charge in [-0.25, -0.2) is 8.78 Å². The molecule has 0 saturated carbocycles. The van der Waals surface area contributed by atoms with Crippen molar-refractivity contribution in [3.8, 4) is 0 Å². The van der Waals surface area contributed by atoms with E-state index in [1.54, 1.807) is 11.9 Å². The van der Waals surface area contributed by atoms with Gasteiger partial charge in [0.2, 0.25) is 11.8 Å². The summed E-state index contributed by atoms with van der Waals surface area (Å²) in [4.78, 5) is 38.2. The van der Waals surface area contributed by atoms with Gasteiger partial charge in [-0.05, 0) is 24.1 Å². The van der Waals surface area contributed by atoms with E-state index < -0.39 is 23.5 Å². The summed E-state index contributed by atoms with van der Waals surface area (Å²) in [6, 6.07) is 3.29. The van der Waals surface area contributed by atoms with E-state index in [4.69, 9.17) is 5.11 Å². The summed E-state index contributed by atoms with van der Waals surface area (Å²) in [5.74, 6) is -4.10. The van der Waals surface area contributed by atoms with Crippen LogP contribution < -0.4 is 0 Å². The highest BCUT2D eigenvalue weighted by Gasteiger charge is 2.31. The average Bonchev–Trinajstić information content (AvgIpc) is 2.56. The molecule has 1 heterocycles. The quantitative estimate of drug-likeness (QED) is 0.842. The lowest BCUT2D eigenvalue weighted by Gasteiger charge is -2.32. The van der Waals surface area contributed by atoms with E-state index in [1.807, 2.05) is 0 Å². The lowest BCUT2D eigenvalue weighted by molar-refractivity contribution is -0.146. The van der Waals surface area contributed by atoms with Crippen LogP contribution in [0.25, 0.3) is 0 Å². The van der Waals surface area contributed by atoms with Crippen LogP contribution in [0.1, 0.15) is 24.8 Å². The van der Waals surface area contributed by atoms with Gasteiger partial charge in [0.15, 0.2) is 11.6 Å². The molecule has 0 aliphatic carbocycles. The van der Waals surface area contributed by atoms with Crippen LogP contribution >= 0.6 is 0 Å². The molecule has 1 unspecified atom stereocenters. The Morgan fingerprint density at radius 2 is 2.04 bits per heavy atom. The predicted molar refractivity (Wildman–Crippen MR) is 84.4 cm³/mol. The van der Waals surface area contributed by atoms with E-state index >= 15 is 0 Å². The second kappa shape index (κ2) is 8.04. The lowest BCUT2D eigenvalue weighted by atomic mass is 9.94. The Morgan fingerprint density at radius 3 is 2.64 bits per heavy atom. The predicted octanol–water partition coefficient (Wildman–Crippen LogP) is 1.64. The molecule has 2 amide bonds. The number of carbonyl (C=O) groups excluding carboxylic acids is 2. The summed E-state index contributed by atoms with van der Waals surface area (Å²) in [6.45, 7) is 0.352. The van der Waals surface area contributed by atoms with Gasteiger partial charge in [-0.15, -0.1) is 0 Å². The van der Waals surface area contributed by atoms with Gasteiger partial charge >= 0.3 is 5.97 Å². The molecule has 1 fully saturated rings. The molecule has 1 aromatic carbocycles. The van der Waals surface area contributed by atoms with Crippen molar-refractivity contribution in [3.05, 3.63) is 35.4 Å². The number of nitrogens with zero attached hydrogens (tertiary/aromatic N) is 2. The topological polar surface area (TPSA) is 77.9 Å². The third kappa shape index (κ3) is 4.98. The van der Waals surface area contributed by atoms with Gasteiger partial charge in [0, 0.05) is 39.0 Å². The van der Waals surface area contributed by atoms with Crippen molar-refractivity contribution >= 4 is 17.8 Å². The highest BCUT2D eigenvalue weighted by atomic mass is 19.2. The fraction of sp³-hybridized carbons (Fsp3) is 0.471. The minimum atomic E-state index is -1.07. The summed E-state index contributed by atoms with van der Waals surface area (Å²) in [7, 11) is 1.66. The largest absolute Gasteiger partial charge is 0.481 e. The molecule has 1 N–H and O–H groups in total. The fourth-order valence-electron chi connectivity index (χ4n) is 2.77. The highest BCUT2D eigenvalue weighted by molar-refractivity contribution is 5.87. The van der Waals surface area contributed by atoms with Crippen molar-refractivity contribution in [1.29, 1.82) is 0 Å². The summed E-state index contributed by atoms with van der Waals surface area (Å²) in [5.41, 5.74) is 0.358. The number of hydrogen-bond donors (Lipinski definition) is 1. The molecule has 1 aliphatic rings. The number of amides is 2. The van der Waals surface area contributed by atoms with E-state index in [-0.39, 0.29) is 37.7 Å². The number of carboxylic acid groups (broad SMARTS) is 1. The monoisotopic (exact) mass is 354 g/mol. The van der Waals surface area contributed by atoms with Gasteiger partial charge in [0.05, 0.1) is 6.42 Å². The zero-order chi connectivity index (χ0) is 18.6. The molecular weight excluding hydrogens is 334 g/mol. The molecule has 0 aromatic heterocycles. The SMILES string of the molecule is CN1CCC(C(=O)N(CCC(=O)O)Cc2ccc(F)c(F)c2)CC1=O. The molecule has 1 aliphatic heterocycles. The fourth-order valence-corrected chi connectivity index (χ4v) is 2.77. The second-order valence-corrected chi connectivity index (χ2v) is 6.16. The Kier molecular flexibility index (Phi) is 6.06. The number of carboxylic acids is 1. The number of likely N-dealkylation sites (tertiary alicyclic amines) is 1. The first kappa shape index (κ1) is 18.8. The van der Waals surface area contributed by atoms with E-state index in [9.17, 15) is 23.2 Å². The van der Waals surface area contributed by atoms with Crippen molar-refractivity contribution in [2.45, 2.75) is 25.8 Å². The van der Waals surface area contributed by atoms with Crippen molar-refractivity contribution in [2.75, 3.05) is 20.1 Å². The van der Waals surface area contributed by atoms with Crippen LogP contribution in [0.15, 0.2) is 18.2 Å². The van der Waals surface area contributed by atoms with Crippen LogP contribution in [0.3, 0.4) is 0 Å². The van der Waals surface area contributed by atoms with E-state index in [2.05, 4.69) is 0 Å². The van der Waals surface area contributed by atoms with Crippen LogP contribution in [0, 0.1) is 17.6 Å². The number of rotatable bonds is 6. The van der Waals surface area contributed by atoms with Crippen molar-refractivity contribution in [3.63, 3.8) is 0 Å². The van der Waals surface area contributed by atoms with Crippen molar-refractivity contribution < 1.29 is 28.3 Å². The van der Waals surface area contributed by atoms with E-state index in [0.717, 1.165) is 12.1 Å². The van der Waals surface area contributed by atoms with E-state index in [0.29, 0.717) is 18.5 Å². The van der Waals surface area contributed by atoms with Crippen molar-refractivity contribution in [2.24, 2.45) is 5.92 Å². The minimum Gasteiger partial charge on any atom is -0.481 e. The van der Waals surface area contributed by atoms with Crippen LogP contribution in [0.4, 0.5) is 8.78 Å². The van der Waals surface area contributed by atoms with Gasteiger partial charge in [-0.2, -0.15) is 0 Å². The third-order valence-electron chi connectivity index (χ3n) is 4.27. The second-order valence-electron chi connectivity index (χ2n) is 6.16. The third-order valence-corrected chi connectivity index (χ3v) is 4.27. The molecule has 0 bridgehead atoms. The van der Waals surface area contributed by atoms with Gasteiger partial charge < -0.3 is 14.9 Å². The lowest BCUT2D eigenvalue weighted by Crippen LogP contribution is -2.44. The maximum absolute atomic E-state index is 13.4. The molecule has 1 aromatic rings. The highest BCUT2D eigenvalue weighted by Crippen LogP contribution is 2.21. The normalized spacial score (nSPS) is 17.5. The Balaban J connectivity index is 2.13. The first-order valence-corrected chi connectivity index (χ1v) is 7.96. The maximum atomic E-state index is 13.4. The molecule has 2 rings (SSSR count). The first-order valence-electron chi connectivity index (χ1n) is 7.96. The molecule has 25 heavy (non-hydrogen) atoms. The van der Waals surface area contributed by atoms with Crippen LogP contribution in [0.5, 0.6) is 0 Å². The van der Waals surface area contributed by atoms with E-state index in [1.165, 1.54) is 11.0 Å². The molecule has 136 valence electrons. The number of benzene rings is 1. The smallest absolute Gasteiger partial charge is 0.305 e. The molecule has 0 spiro atoms. The summed E-state index contributed by atoms with van der Waals surface area (Å²) >= 11 is 0. The van der Waals surface area contributed by atoms with Gasteiger partial charge in [-0.1, -0.05) is 6.07 Å². The van der Waals surface area contributed by atoms with Crippen molar-refractivity contribution in [1.82, 2.24) is 9.80 Å². The number of aliphatic carboxylic acids is 1. The number of hydrogen-bond acceptors (Lipinski definition) is 3. The Bertz CT molecular complexity index is 681. The van der Waals surface area contributed by atoms with Crippen LogP contribution in [-0.2, 0) is 20.9 Å². The molecule has 1 atom stereocenters. The van der Waals surface area contributed by atoms with Gasteiger partial charge in [0.1, 0.15) is 0 Å². The Labute approximate surface area is 144 Å². The number of halogens is 2. The minimum absolute atomic E-state index is 0.0379. The Morgan fingerprint density at radius 1 is 1.32 bits per heavy atom. The molecule has 6 nitrogen and oxygen atoms in total. The summed E-state index contributed by atoms with van der Waals surface area (Å²) in [6.07, 6.45) is 0.287. The van der Waals surface area contributed by atoms with Gasteiger partial charge in [0.25, 0.3) is 0 Å². The molecule has 8 heteroatoms. The average molecular weight is 354 g/mol. The molecule has 0 radical (unpaired) electrons. The summed E-state index contributed by atoms with van der Waals surface area (Å²) < 4.78 is 26.4. The number of piperidine rings is 1. The standard InChI is InChI=1S/C17H20F2N2O4/c1-20-6-4-12(9-15(20)22)17(25)21(7-5-16(23)24)10-11-2-3-13(18)14(19)8-11/h2-3,8,12H,4-7,9-10H2,1H3,(H,23,24). The first-order chi connectivity index (χ1) is 11.8. The van der Waals surface area contributed by atoms with Gasteiger partial charge in [-0.3, -0.25) is 14.4 Å².